The fraction of sp³-hybridized carbons (Fsp3) is 0.312. The Morgan fingerprint density at radius 2 is 1.74 bits per heavy atom. The maximum absolute atomic E-state index is 12.3. The Hall–Kier alpha value is -2.28. The molecule has 2 aromatic rings. The van der Waals surface area contributed by atoms with Crippen molar-refractivity contribution in [2.75, 3.05) is 6.61 Å². The summed E-state index contributed by atoms with van der Waals surface area (Å²) in [6.45, 7) is 7.38. The lowest BCUT2D eigenvalue weighted by molar-refractivity contribution is 0.0979. The van der Waals surface area contributed by atoms with E-state index < -0.39 is 15.9 Å². The van der Waals surface area contributed by atoms with E-state index in [1.54, 1.807) is 32.9 Å². The van der Waals surface area contributed by atoms with Crippen molar-refractivity contribution in [3.63, 3.8) is 0 Å². The van der Waals surface area contributed by atoms with E-state index in [1.165, 1.54) is 12.1 Å². The zero-order valence-corrected chi connectivity index (χ0v) is 14.3. The fourth-order valence-corrected chi connectivity index (χ4v) is 3.20. The molecule has 0 saturated heterocycles. The first kappa shape index (κ1) is 17.1. The van der Waals surface area contributed by atoms with E-state index in [1.807, 2.05) is 6.92 Å². The van der Waals surface area contributed by atoms with Gasteiger partial charge in [0.2, 0.25) is 0 Å². The van der Waals surface area contributed by atoms with Crippen LogP contribution in [0.2, 0.25) is 0 Å². The minimum atomic E-state index is -3.96. The highest BCUT2D eigenvalue weighted by molar-refractivity contribution is 7.90. The minimum Gasteiger partial charge on any atom is -0.494 e. The summed E-state index contributed by atoms with van der Waals surface area (Å²) in [5.74, 6) is 0.839. The zero-order valence-electron chi connectivity index (χ0n) is 13.5. The second-order valence-electron chi connectivity index (χ2n) is 5.05. The Balaban J connectivity index is 2.25. The second kappa shape index (κ2) is 6.45. The van der Waals surface area contributed by atoms with Gasteiger partial charge in [0, 0.05) is 5.56 Å². The summed E-state index contributed by atoms with van der Waals surface area (Å²) >= 11 is 0. The molecule has 6 nitrogen and oxygen atoms in total. The third-order valence-electron chi connectivity index (χ3n) is 3.46. The molecule has 1 amide bonds. The zero-order chi connectivity index (χ0) is 17.2. The number of hydrogen-bond donors (Lipinski definition) is 1. The predicted molar refractivity (Wildman–Crippen MR) is 85.2 cm³/mol. The van der Waals surface area contributed by atoms with E-state index in [9.17, 15) is 13.2 Å². The number of ether oxygens (including phenoxy) is 1. The largest absolute Gasteiger partial charge is 0.494 e. The van der Waals surface area contributed by atoms with Crippen LogP contribution in [0.1, 0.15) is 34.4 Å². The maximum atomic E-state index is 12.3. The van der Waals surface area contributed by atoms with Crippen LogP contribution in [0.5, 0.6) is 5.75 Å². The average molecular weight is 337 g/mol. The fourth-order valence-electron chi connectivity index (χ4n) is 2.24. The number of sulfonamides is 1. The molecule has 0 aliphatic carbocycles. The smallest absolute Gasteiger partial charge is 0.268 e. The van der Waals surface area contributed by atoms with Gasteiger partial charge in [0.25, 0.3) is 15.9 Å². The number of carbonyl (C=O) groups is 1. The second-order valence-corrected chi connectivity index (χ2v) is 6.74. The molecule has 0 aliphatic rings. The van der Waals surface area contributed by atoms with Gasteiger partial charge in [-0.1, -0.05) is 0 Å². The van der Waals surface area contributed by atoms with Crippen LogP contribution in [-0.2, 0) is 10.0 Å². The highest BCUT2D eigenvalue weighted by atomic mass is 32.2. The first-order valence-corrected chi connectivity index (χ1v) is 8.61. The van der Waals surface area contributed by atoms with Gasteiger partial charge in [-0.15, -0.1) is 0 Å². The van der Waals surface area contributed by atoms with Gasteiger partial charge in [-0.3, -0.25) is 4.79 Å². The number of carbonyl (C=O) groups excluding carboxylic acids is 1. The normalized spacial score (nSPS) is 11.3. The van der Waals surface area contributed by atoms with Crippen molar-refractivity contribution in [2.24, 2.45) is 0 Å². The molecule has 1 heterocycles. The molecule has 124 valence electrons. The first-order valence-electron chi connectivity index (χ1n) is 7.13. The Bertz CT molecular complexity index is 819. The van der Waals surface area contributed by atoms with Crippen molar-refractivity contribution in [1.82, 2.24) is 4.72 Å². The number of benzene rings is 1. The molecule has 0 atom stereocenters. The molecule has 0 spiro atoms. The highest BCUT2D eigenvalue weighted by Crippen LogP contribution is 2.22. The van der Waals surface area contributed by atoms with Crippen LogP contribution in [0, 0.1) is 20.8 Å². The average Bonchev–Trinajstić information content (AvgIpc) is 2.72. The van der Waals surface area contributed by atoms with Crippen molar-refractivity contribution in [2.45, 2.75) is 32.6 Å². The Labute approximate surface area is 135 Å². The molecule has 0 unspecified atom stereocenters. The van der Waals surface area contributed by atoms with Crippen LogP contribution in [0.3, 0.4) is 0 Å². The van der Waals surface area contributed by atoms with Crippen molar-refractivity contribution in [3.8, 4) is 5.75 Å². The first-order chi connectivity index (χ1) is 10.8. The minimum absolute atomic E-state index is 0.00942. The molecule has 0 radical (unpaired) electrons. The number of amides is 1. The summed E-state index contributed by atoms with van der Waals surface area (Å²) in [6.07, 6.45) is 0. The number of hydrogen-bond acceptors (Lipinski definition) is 5. The summed E-state index contributed by atoms with van der Waals surface area (Å²) in [5.41, 5.74) is 0.874. The quantitative estimate of drug-likeness (QED) is 0.906. The van der Waals surface area contributed by atoms with Crippen molar-refractivity contribution in [3.05, 3.63) is 46.9 Å². The molecule has 23 heavy (non-hydrogen) atoms. The van der Waals surface area contributed by atoms with Crippen LogP contribution in [0.4, 0.5) is 0 Å². The summed E-state index contributed by atoms with van der Waals surface area (Å²) in [6, 6.07) is 5.87. The molecular formula is C16H19NO5S. The van der Waals surface area contributed by atoms with Crippen molar-refractivity contribution in [1.29, 1.82) is 0 Å². The highest BCUT2D eigenvalue weighted by Gasteiger charge is 2.24. The van der Waals surface area contributed by atoms with E-state index >= 15 is 0 Å². The van der Waals surface area contributed by atoms with Gasteiger partial charge in [0.15, 0.2) is 0 Å². The van der Waals surface area contributed by atoms with Crippen LogP contribution < -0.4 is 9.46 Å². The van der Waals surface area contributed by atoms with Gasteiger partial charge in [-0.05, 0) is 52.0 Å². The van der Waals surface area contributed by atoms with Crippen LogP contribution in [0.15, 0.2) is 33.6 Å². The molecule has 1 N–H and O–H groups in total. The SMILES string of the molecule is CCOc1ccc(S(=O)(=O)NC(=O)c2c(C)oc(C)c2C)cc1. The lowest BCUT2D eigenvalue weighted by Crippen LogP contribution is -2.31. The molecule has 0 fully saturated rings. The summed E-state index contributed by atoms with van der Waals surface area (Å²) < 4.78 is 37.3. The summed E-state index contributed by atoms with van der Waals surface area (Å²) in [7, 11) is -3.96. The van der Waals surface area contributed by atoms with Crippen LogP contribution in [-0.4, -0.2) is 20.9 Å². The van der Waals surface area contributed by atoms with Gasteiger partial charge >= 0.3 is 0 Å². The Morgan fingerprint density at radius 3 is 2.22 bits per heavy atom. The van der Waals surface area contributed by atoms with E-state index in [2.05, 4.69) is 4.72 Å². The lowest BCUT2D eigenvalue weighted by Gasteiger charge is -2.08. The van der Waals surface area contributed by atoms with E-state index in [0.29, 0.717) is 29.4 Å². The molecule has 1 aromatic carbocycles. The summed E-state index contributed by atoms with van der Waals surface area (Å²) in [4.78, 5) is 12.3. The number of aryl methyl sites for hydroxylation is 2. The van der Waals surface area contributed by atoms with Crippen molar-refractivity contribution >= 4 is 15.9 Å². The maximum Gasteiger partial charge on any atom is 0.268 e. The monoisotopic (exact) mass is 337 g/mol. The van der Waals surface area contributed by atoms with E-state index in [4.69, 9.17) is 9.15 Å². The van der Waals surface area contributed by atoms with Crippen LogP contribution >= 0.6 is 0 Å². The standard InChI is InChI=1S/C16H19NO5S/c1-5-21-13-6-8-14(9-7-13)23(19,20)17-16(18)15-10(2)11(3)22-12(15)4/h6-9H,5H2,1-4H3,(H,17,18). The van der Waals surface area contributed by atoms with Gasteiger partial charge in [0.05, 0.1) is 17.1 Å². The third-order valence-corrected chi connectivity index (χ3v) is 4.81. The molecule has 0 aliphatic heterocycles. The Kier molecular flexibility index (Phi) is 4.79. The van der Waals surface area contributed by atoms with Crippen LogP contribution in [0.25, 0.3) is 0 Å². The molecule has 1 aromatic heterocycles. The van der Waals surface area contributed by atoms with Gasteiger partial charge in [0.1, 0.15) is 17.3 Å². The molecule has 0 bridgehead atoms. The van der Waals surface area contributed by atoms with Gasteiger partial charge in [-0.2, -0.15) is 0 Å². The van der Waals surface area contributed by atoms with Crippen molar-refractivity contribution < 1.29 is 22.4 Å². The third kappa shape index (κ3) is 3.56. The van der Waals surface area contributed by atoms with E-state index in [-0.39, 0.29) is 10.5 Å². The molecule has 0 saturated carbocycles. The molecule has 2 rings (SSSR count). The van der Waals surface area contributed by atoms with Gasteiger partial charge in [-0.25, -0.2) is 13.1 Å². The topological polar surface area (TPSA) is 85.6 Å². The van der Waals surface area contributed by atoms with Gasteiger partial charge < -0.3 is 9.15 Å². The predicted octanol–water partition coefficient (Wildman–Crippen LogP) is 2.72. The molecular weight excluding hydrogens is 318 g/mol. The lowest BCUT2D eigenvalue weighted by atomic mass is 10.1. The van der Waals surface area contributed by atoms with E-state index in [0.717, 1.165) is 0 Å². The number of rotatable bonds is 5. The summed E-state index contributed by atoms with van der Waals surface area (Å²) in [5, 5.41) is 0. The molecule has 7 heteroatoms. The Morgan fingerprint density at radius 1 is 1.13 bits per heavy atom. The number of furan rings is 1. The number of nitrogens with one attached hydrogen (secondary N) is 1.